The molecule has 138 valence electrons. The van der Waals surface area contributed by atoms with Crippen LogP contribution < -0.4 is 5.43 Å². The minimum atomic E-state index is -1.44. The Kier molecular flexibility index (Phi) is 6.26. The highest BCUT2D eigenvalue weighted by Crippen LogP contribution is 2.30. The fourth-order valence-electron chi connectivity index (χ4n) is 2.34. The standard InChI is InChI=1S/C14H16N6O6/c1-9(7-14(2,3)13(8-15)20(25)26)16-17-11-5-4-10(18(21)22)6-12(11)19(23)24/h4-6,13,17H,7H2,1-3H3. The van der Waals surface area contributed by atoms with Gasteiger partial charge in [-0.05, 0) is 19.4 Å². The molecule has 0 aliphatic heterocycles. The van der Waals surface area contributed by atoms with Gasteiger partial charge in [0, 0.05) is 16.7 Å². The van der Waals surface area contributed by atoms with Gasteiger partial charge in [0.15, 0.2) is 0 Å². The molecule has 0 aliphatic carbocycles. The Hall–Kier alpha value is -3.62. The van der Waals surface area contributed by atoms with E-state index in [0.29, 0.717) is 5.71 Å². The normalized spacial score (nSPS) is 12.8. The predicted octanol–water partition coefficient (Wildman–Crippen LogP) is 2.88. The van der Waals surface area contributed by atoms with E-state index >= 15 is 0 Å². The van der Waals surface area contributed by atoms with E-state index < -0.39 is 37.6 Å². The summed E-state index contributed by atoms with van der Waals surface area (Å²) in [6.07, 6.45) is 0.0833. The molecule has 0 amide bonds. The zero-order valence-electron chi connectivity index (χ0n) is 14.2. The number of nitrogens with zero attached hydrogens (tertiary/aromatic N) is 5. The van der Waals surface area contributed by atoms with E-state index in [1.807, 2.05) is 0 Å². The van der Waals surface area contributed by atoms with E-state index in [9.17, 15) is 30.3 Å². The zero-order chi connectivity index (χ0) is 20.1. The van der Waals surface area contributed by atoms with Gasteiger partial charge in [-0.3, -0.25) is 35.8 Å². The van der Waals surface area contributed by atoms with E-state index in [4.69, 9.17) is 5.26 Å². The van der Waals surface area contributed by atoms with Crippen LogP contribution in [0, 0.1) is 47.1 Å². The van der Waals surface area contributed by atoms with Crippen LogP contribution in [-0.4, -0.2) is 26.5 Å². The molecule has 0 fully saturated rings. The Bertz CT molecular complexity index is 813. The van der Waals surface area contributed by atoms with E-state index in [-0.39, 0.29) is 12.1 Å². The summed E-state index contributed by atoms with van der Waals surface area (Å²) in [6, 6.07) is 3.22. The monoisotopic (exact) mass is 364 g/mol. The van der Waals surface area contributed by atoms with Gasteiger partial charge in [-0.1, -0.05) is 13.8 Å². The van der Waals surface area contributed by atoms with Gasteiger partial charge >= 0.3 is 11.7 Å². The highest BCUT2D eigenvalue weighted by Gasteiger charge is 2.39. The third-order valence-electron chi connectivity index (χ3n) is 3.54. The minimum Gasteiger partial charge on any atom is -0.272 e. The Morgan fingerprint density at radius 1 is 1.27 bits per heavy atom. The van der Waals surface area contributed by atoms with Crippen molar-refractivity contribution in [1.82, 2.24) is 0 Å². The van der Waals surface area contributed by atoms with Crippen LogP contribution in [0.1, 0.15) is 27.2 Å². The van der Waals surface area contributed by atoms with Gasteiger partial charge in [0.25, 0.3) is 5.69 Å². The smallest absolute Gasteiger partial charge is 0.272 e. The molecule has 1 rings (SSSR count). The second-order valence-electron chi connectivity index (χ2n) is 6.16. The van der Waals surface area contributed by atoms with E-state index in [0.717, 1.165) is 18.2 Å². The predicted molar refractivity (Wildman–Crippen MR) is 91.3 cm³/mol. The first-order valence-electron chi connectivity index (χ1n) is 7.24. The molecule has 0 heterocycles. The van der Waals surface area contributed by atoms with Crippen molar-refractivity contribution in [3.8, 4) is 6.07 Å². The first-order chi connectivity index (χ1) is 12.0. The zero-order valence-corrected chi connectivity index (χ0v) is 14.2. The molecular weight excluding hydrogens is 348 g/mol. The number of nitriles is 1. The van der Waals surface area contributed by atoms with Gasteiger partial charge in [0.1, 0.15) is 11.8 Å². The number of rotatable bonds is 8. The molecule has 12 nitrogen and oxygen atoms in total. The molecule has 0 spiro atoms. The molecule has 0 saturated carbocycles. The average Bonchev–Trinajstić information content (AvgIpc) is 2.51. The molecule has 0 aromatic heterocycles. The summed E-state index contributed by atoms with van der Waals surface area (Å²) in [4.78, 5) is 30.5. The van der Waals surface area contributed by atoms with Crippen LogP contribution in [-0.2, 0) is 0 Å². The molecule has 1 N–H and O–H groups in total. The lowest BCUT2D eigenvalue weighted by atomic mass is 9.81. The van der Waals surface area contributed by atoms with Gasteiger partial charge in [-0.2, -0.15) is 10.4 Å². The number of hydrazone groups is 1. The third-order valence-corrected chi connectivity index (χ3v) is 3.54. The summed E-state index contributed by atoms with van der Waals surface area (Å²) in [6.45, 7) is 4.62. The number of hydrogen-bond acceptors (Lipinski definition) is 9. The van der Waals surface area contributed by atoms with Crippen molar-refractivity contribution in [2.75, 3.05) is 5.43 Å². The summed E-state index contributed by atoms with van der Waals surface area (Å²) in [5.41, 5.74) is 0.751. The average molecular weight is 364 g/mol. The van der Waals surface area contributed by atoms with Gasteiger partial charge in [0.05, 0.1) is 21.3 Å². The number of hydrogen-bond donors (Lipinski definition) is 1. The highest BCUT2D eigenvalue weighted by atomic mass is 16.6. The SMILES string of the molecule is CC(CC(C)(C)C(C#N)[N+](=O)[O-])=NNc1ccc([N+](=O)[O-])cc1[N+](=O)[O-]. The lowest BCUT2D eigenvalue weighted by Gasteiger charge is -2.23. The third kappa shape index (κ3) is 4.94. The van der Waals surface area contributed by atoms with Gasteiger partial charge in [0.2, 0.25) is 0 Å². The van der Waals surface area contributed by atoms with Crippen molar-refractivity contribution in [3.63, 3.8) is 0 Å². The topological polar surface area (TPSA) is 178 Å². The van der Waals surface area contributed by atoms with Crippen molar-refractivity contribution >= 4 is 22.8 Å². The molecule has 1 aromatic carbocycles. The quantitative estimate of drug-likeness (QED) is 0.415. The molecule has 0 aliphatic rings. The van der Waals surface area contributed by atoms with Crippen LogP contribution in [0.3, 0.4) is 0 Å². The highest BCUT2D eigenvalue weighted by molar-refractivity contribution is 5.83. The van der Waals surface area contributed by atoms with Gasteiger partial charge < -0.3 is 0 Å². The Morgan fingerprint density at radius 2 is 1.88 bits per heavy atom. The summed E-state index contributed by atoms with van der Waals surface area (Å²) in [5, 5.41) is 45.6. The molecule has 1 unspecified atom stereocenters. The number of anilines is 1. The number of nitrogens with one attached hydrogen (secondary N) is 1. The molecule has 26 heavy (non-hydrogen) atoms. The summed E-state index contributed by atoms with van der Waals surface area (Å²) < 4.78 is 0. The molecule has 1 atom stereocenters. The van der Waals surface area contributed by atoms with Crippen molar-refractivity contribution in [3.05, 3.63) is 48.5 Å². The molecular formula is C14H16N6O6. The maximum absolute atomic E-state index is 11.1. The van der Waals surface area contributed by atoms with Crippen LogP contribution in [0.15, 0.2) is 23.3 Å². The molecule has 12 heteroatoms. The van der Waals surface area contributed by atoms with Gasteiger partial charge in [-0.25, -0.2) is 0 Å². The lowest BCUT2D eigenvalue weighted by molar-refractivity contribution is -0.524. The van der Waals surface area contributed by atoms with E-state index in [2.05, 4.69) is 10.5 Å². The first-order valence-corrected chi connectivity index (χ1v) is 7.24. The fourth-order valence-corrected chi connectivity index (χ4v) is 2.34. The number of non-ortho nitro benzene ring substituents is 1. The Labute approximate surface area is 147 Å². The lowest BCUT2D eigenvalue weighted by Crippen LogP contribution is -2.36. The van der Waals surface area contributed by atoms with Crippen LogP contribution in [0.5, 0.6) is 0 Å². The minimum absolute atomic E-state index is 0.0659. The number of nitro benzene ring substituents is 2. The molecule has 0 radical (unpaired) electrons. The summed E-state index contributed by atoms with van der Waals surface area (Å²) >= 11 is 0. The summed E-state index contributed by atoms with van der Waals surface area (Å²) in [5.74, 6) is 0. The number of benzene rings is 1. The van der Waals surface area contributed by atoms with E-state index in [1.54, 1.807) is 13.0 Å². The second kappa shape index (κ2) is 7.97. The van der Waals surface area contributed by atoms with Gasteiger partial charge in [-0.15, -0.1) is 0 Å². The van der Waals surface area contributed by atoms with Crippen molar-refractivity contribution in [2.24, 2.45) is 10.5 Å². The number of nitro groups is 3. The van der Waals surface area contributed by atoms with E-state index in [1.165, 1.54) is 13.8 Å². The fraction of sp³-hybridized carbons (Fsp3) is 0.429. The Balaban J connectivity index is 3.03. The van der Waals surface area contributed by atoms with Crippen LogP contribution in [0.25, 0.3) is 0 Å². The van der Waals surface area contributed by atoms with Crippen molar-refractivity contribution in [2.45, 2.75) is 33.2 Å². The maximum atomic E-state index is 11.1. The van der Waals surface area contributed by atoms with Crippen LogP contribution in [0.4, 0.5) is 17.1 Å². The largest absolute Gasteiger partial charge is 0.302 e. The summed E-state index contributed by atoms with van der Waals surface area (Å²) in [7, 11) is 0. The second-order valence-corrected chi connectivity index (χ2v) is 6.16. The molecule has 0 bridgehead atoms. The maximum Gasteiger partial charge on any atom is 0.302 e. The van der Waals surface area contributed by atoms with Crippen LogP contribution >= 0.6 is 0 Å². The molecule has 0 saturated heterocycles. The van der Waals surface area contributed by atoms with Crippen LogP contribution in [0.2, 0.25) is 0 Å². The first kappa shape index (κ1) is 20.4. The molecule has 1 aromatic rings. The Morgan fingerprint density at radius 3 is 2.35 bits per heavy atom. The van der Waals surface area contributed by atoms with Crippen molar-refractivity contribution in [1.29, 1.82) is 5.26 Å². The van der Waals surface area contributed by atoms with Crippen molar-refractivity contribution < 1.29 is 14.8 Å².